The molecule has 2 aliphatic heterocycles. The van der Waals surface area contributed by atoms with Crippen LogP contribution in [0.2, 0.25) is 0 Å². The first-order valence-electron chi connectivity index (χ1n) is 4.28. The first-order chi connectivity index (χ1) is 6.83. The second-order valence-corrected chi connectivity index (χ2v) is 2.68. The van der Waals surface area contributed by atoms with E-state index in [2.05, 4.69) is 15.0 Å². The van der Waals surface area contributed by atoms with Crippen molar-refractivity contribution in [3.63, 3.8) is 0 Å². The fourth-order valence-electron chi connectivity index (χ4n) is 1.21. The molecule has 0 unspecified atom stereocenters. The molecule has 0 saturated heterocycles. The van der Waals surface area contributed by atoms with Crippen molar-refractivity contribution in [3.8, 4) is 11.5 Å². The average Bonchev–Trinajstić information content (AvgIpc) is 2.61. The number of nitrogens with one attached hydrogen (secondary N) is 1. The molecular formula is C9H9N3O2. The predicted molar refractivity (Wildman–Crippen MR) is 49.0 cm³/mol. The normalized spacial score (nSPS) is 10.4. The van der Waals surface area contributed by atoms with Gasteiger partial charge in [-0.3, -0.25) is 0 Å². The van der Waals surface area contributed by atoms with Gasteiger partial charge in [0.05, 0.1) is 12.3 Å². The Labute approximate surface area is 80.5 Å². The van der Waals surface area contributed by atoms with Crippen molar-refractivity contribution < 1.29 is 9.53 Å². The number of ether oxygens (including phenoxy) is 1. The lowest BCUT2D eigenvalue weighted by Gasteiger charge is -2.01. The standard InChI is InChI=1S/C9H9N3O2/c1-2-14-9(13)6-5-12-8-7(6)10-3-4-11-8/h3-5,10H,2H2,1H3. The van der Waals surface area contributed by atoms with E-state index in [9.17, 15) is 4.79 Å². The quantitative estimate of drug-likeness (QED) is 0.721. The van der Waals surface area contributed by atoms with Gasteiger partial charge in [-0.25, -0.2) is 14.8 Å². The molecule has 2 heterocycles. The van der Waals surface area contributed by atoms with E-state index < -0.39 is 0 Å². The minimum atomic E-state index is -0.376. The molecule has 0 spiro atoms. The number of fused-ring (bicyclic) bond motifs is 1. The van der Waals surface area contributed by atoms with Crippen molar-refractivity contribution in [1.82, 2.24) is 15.0 Å². The van der Waals surface area contributed by atoms with Crippen molar-refractivity contribution >= 4 is 5.97 Å². The summed E-state index contributed by atoms with van der Waals surface area (Å²) in [5.41, 5.74) is 1.04. The second-order valence-electron chi connectivity index (χ2n) is 2.68. The highest BCUT2D eigenvalue weighted by molar-refractivity contribution is 5.95. The SMILES string of the molecule is CCOC(=O)c1cnc2ncc[nH]c1-2. The largest absolute Gasteiger partial charge is 0.462 e. The maximum absolute atomic E-state index is 11.4. The van der Waals surface area contributed by atoms with Crippen LogP contribution in [0.3, 0.4) is 0 Å². The zero-order valence-corrected chi connectivity index (χ0v) is 7.65. The van der Waals surface area contributed by atoms with Gasteiger partial charge in [0.2, 0.25) is 0 Å². The summed E-state index contributed by atoms with van der Waals surface area (Å²) in [5, 5.41) is 0. The molecule has 0 aliphatic carbocycles. The number of H-pyrrole nitrogens is 1. The molecule has 5 nitrogen and oxygen atoms in total. The number of hydrogen-bond acceptors (Lipinski definition) is 4. The number of aromatic nitrogens is 3. The number of rotatable bonds is 2. The molecule has 0 aromatic rings. The van der Waals surface area contributed by atoms with Crippen LogP contribution < -0.4 is 0 Å². The van der Waals surface area contributed by atoms with E-state index >= 15 is 0 Å². The predicted octanol–water partition coefficient (Wildman–Crippen LogP) is 1.09. The van der Waals surface area contributed by atoms with E-state index in [0.29, 0.717) is 23.7 Å². The summed E-state index contributed by atoms with van der Waals surface area (Å²) in [6, 6.07) is 0. The summed E-state index contributed by atoms with van der Waals surface area (Å²) in [6.07, 6.45) is 4.70. The van der Waals surface area contributed by atoms with Crippen LogP contribution in [0, 0.1) is 0 Å². The van der Waals surface area contributed by atoms with Crippen LogP contribution >= 0.6 is 0 Å². The van der Waals surface area contributed by atoms with Gasteiger partial charge in [-0.2, -0.15) is 0 Å². The molecule has 0 saturated carbocycles. The third-order valence-corrected chi connectivity index (χ3v) is 1.80. The first kappa shape index (κ1) is 8.68. The van der Waals surface area contributed by atoms with E-state index in [1.807, 2.05) is 0 Å². The number of carbonyl (C=O) groups is 1. The van der Waals surface area contributed by atoms with Crippen molar-refractivity contribution in [2.75, 3.05) is 6.61 Å². The minimum absolute atomic E-state index is 0.353. The fourth-order valence-corrected chi connectivity index (χ4v) is 1.21. The summed E-state index contributed by atoms with van der Waals surface area (Å²) in [5.74, 6) is 0.148. The third kappa shape index (κ3) is 1.32. The number of aromatic amines is 1. The Morgan fingerprint density at radius 3 is 3.21 bits per heavy atom. The van der Waals surface area contributed by atoms with Crippen LogP contribution in [0.5, 0.6) is 0 Å². The van der Waals surface area contributed by atoms with Gasteiger partial charge in [0.1, 0.15) is 5.56 Å². The highest BCUT2D eigenvalue weighted by atomic mass is 16.5. The van der Waals surface area contributed by atoms with Gasteiger partial charge >= 0.3 is 5.97 Å². The van der Waals surface area contributed by atoms with Crippen LogP contribution in [0.15, 0.2) is 18.6 Å². The molecule has 0 atom stereocenters. The number of hydrogen-bond donors (Lipinski definition) is 1. The molecule has 0 aromatic heterocycles. The van der Waals surface area contributed by atoms with Crippen molar-refractivity contribution in [3.05, 3.63) is 24.2 Å². The zero-order valence-electron chi connectivity index (χ0n) is 7.65. The van der Waals surface area contributed by atoms with Crippen LogP contribution in [0.1, 0.15) is 17.3 Å². The molecule has 0 aromatic carbocycles. The summed E-state index contributed by atoms with van der Waals surface area (Å²) in [6.45, 7) is 2.12. The Morgan fingerprint density at radius 1 is 1.57 bits per heavy atom. The van der Waals surface area contributed by atoms with Crippen molar-refractivity contribution in [1.29, 1.82) is 0 Å². The molecule has 5 heteroatoms. The third-order valence-electron chi connectivity index (χ3n) is 1.80. The van der Waals surface area contributed by atoms with Crippen LogP contribution in [0.25, 0.3) is 11.5 Å². The number of esters is 1. The lowest BCUT2D eigenvalue weighted by molar-refractivity contribution is 0.0527. The molecule has 14 heavy (non-hydrogen) atoms. The van der Waals surface area contributed by atoms with E-state index in [4.69, 9.17) is 4.74 Å². The van der Waals surface area contributed by atoms with E-state index in [0.717, 1.165) is 0 Å². The Balaban J connectivity index is 2.40. The van der Waals surface area contributed by atoms with E-state index in [1.165, 1.54) is 6.20 Å². The lowest BCUT2D eigenvalue weighted by atomic mass is 10.2. The molecule has 2 rings (SSSR count). The Morgan fingerprint density at radius 2 is 2.43 bits per heavy atom. The fraction of sp³-hybridized carbons (Fsp3) is 0.222. The smallest absolute Gasteiger partial charge is 0.341 e. The maximum atomic E-state index is 11.4. The first-order valence-corrected chi connectivity index (χ1v) is 4.28. The van der Waals surface area contributed by atoms with Gasteiger partial charge < -0.3 is 9.72 Å². The molecule has 0 radical (unpaired) electrons. The topological polar surface area (TPSA) is 67.9 Å². The van der Waals surface area contributed by atoms with Gasteiger partial charge in [-0.1, -0.05) is 0 Å². The Bertz CT molecular complexity index is 424. The molecule has 72 valence electrons. The Kier molecular flexibility index (Phi) is 2.14. The molecular weight excluding hydrogens is 182 g/mol. The zero-order chi connectivity index (χ0) is 9.97. The minimum Gasteiger partial charge on any atom is -0.462 e. The van der Waals surface area contributed by atoms with Crippen LogP contribution in [0.4, 0.5) is 0 Å². The van der Waals surface area contributed by atoms with Gasteiger partial charge in [0.15, 0.2) is 5.82 Å². The highest BCUT2D eigenvalue weighted by Gasteiger charge is 2.18. The molecule has 0 bridgehead atoms. The Hall–Kier alpha value is -1.91. The van der Waals surface area contributed by atoms with Crippen LogP contribution in [-0.4, -0.2) is 27.5 Å². The van der Waals surface area contributed by atoms with Crippen LogP contribution in [-0.2, 0) is 4.74 Å². The van der Waals surface area contributed by atoms with E-state index in [1.54, 1.807) is 19.3 Å². The van der Waals surface area contributed by atoms with E-state index in [-0.39, 0.29) is 5.97 Å². The summed E-state index contributed by atoms with van der Waals surface area (Å²) in [7, 11) is 0. The summed E-state index contributed by atoms with van der Waals surface area (Å²) in [4.78, 5) is 22.3. The van der Waals surface area contributed by atoms with Gasteiger partial charge in [0, 0.05) is 18.6 Å². The number of carbonyl (C=O) groups excluding carboxylic acids is 1. The van der Waals surface area contributed by atoms with Gasteiger partial charge in [-0.15, -0.1) is 0 Å². The number of nitrogens with zero attached hydrogens (tertiary/aromatic N) is 2. The molecule has 1 N–H and O–H groups in total. The summed E-state index contributed by atoms with van der Waals surface area (Å²) >= 11 is 0. The molecule has 0 fully saturated rings. The summed E-state index contributed by atoms with van der Waals surface area (Å²) < 4.78 is 4.87. The lowest BCUT2D eigenvalue weighted by Crippen LogP contribution is -2.05. The molecule has 0 amide bonds. The van der Waals surface area contributed by atoms with Crippen molar-refractivity contribution in [2.45, 2.75) is 6.92 Å². The molecule has 2 aliphatic rings. The highest BCUT2D eigenvalue weighted by Crippen LogP contribution is 2.19. The monoisotopic (exact) mass is 191 g/mol. The van der Waals surface area contributed by atoms with Gasteiger partial charge in [-0.05, 0) is 6.92 Å². The second kappa shape index (κ2) is 3.45. The van der Waals surface area contributed by atoms with Gasteiger partial charge in [0.25, 0.3) is 0 Å². The van der Waals surface area contributed by atoms with Crippen molar-refractivity contribution in [2.24, 2.45) is 0 Å². The maximum Gasteiger partial charge on any atom is 0.341 e. The average molecular weight is 191 g/mol.